The van der Waals surface area contributed by atoms with Gasteiger partial charge in [0.05, 0.1) is 18.3 Å². The maximum absolute atomic E-state index is 15.4. The number of benzene rings is 1. The van der Waals surface area contributed by atoms with Gasteiger partial charge in [0, 0.05) is 37.3 Å². The molecule has 1 aliphatic carbocycles. The summed E-state index contributed by atoms with van der Waals surface area (Å²) in [5, 5.41) is 8.31. The zero-order valence-corrected chi connectivity index (χ0v) is 27.7. The van der Waals surface area contributed by atoms with Crippen molar-refractivity contribution < 1.29 is 33.0 Å². The summed E-state index contributed by atoms with van der Waals surface area (Å²) in [4.78, 5) is 65.3. The van der Waals surface area contributed by atoms with Gasteiger partial charge in [0.15, 0.2) is 0 Å². The number of anilines is 1. The highest BCUT2D eigenvalue weighted by Crippen LogP contribution is 2.38. The maximum Gasteiger partial charge on any atom is 0.408 e. The predicted octanol–water partition coefficient (Wildman–Crippen LogP) is 3.65. The Bertz CT molecular complexity index is 1550. The number of alkyl carbamates (subject to hydrolysis) is 1. The SMILES string of the molecule is COC(=O)c1cn(C2CC2)c2cc(N3CC[C@H](CNC(=O)[C@H](C)NC(=O)[C@H](CC(C)C)NC(=O)OC(C)(C)C)C3)c(F)cc2c1=O. The zero-order chi connectivity index (χ0) is 33.9. The number of aromatic nitrogens is 1. The van der Waals surface area contributed by atoms with Crippen LogP contribution in [-0.2, 0) is 19.1 Å². The number of carbonyl (C=O) groups is 4. The Labute approximate surface area is 268 Å². The smallest absolute Gasteiger partial charge is 0.408 e. The molecule has 3 N–H and O–H groups in total. The van der Waals surface area contributed by atoms with Crippen LogP contribution in [0.2, 0.25) is 0 Å². The molecular formula is C33H46FN5O7. The van der Waals surface area contributed by atoms with E-state index < -0.39 is 46.9 Å². The van der Waals surface area contributed by atoms with Gasteiger partial charge in [-0.15, -0.1) is 0 Å². The van der Waals surface area contributed by atoms with Crippen LogP contribution in [-0.4, -0.2) is 72.9 Å². The van der Waals surface area contributed by atoms with E-state index in [1.807, 2.05) is 23.3 Å². The number of fused-ring (bicyclic) bond motifs is 1. The Morgan fingerprint density at radius 1 is 1.04 bits per heavy atom. The first-order valence-electron chi connectivity index (χ1n) is 15.9. The average molecular weight is 644 g/mol. The molecule has 3 amide bonds. The van der Waals surface area contributed by atoms with Crippen molar-refractivity contribution in [2.24, 2.45) is 11.8 Å². The largest absolute Gasteiger partial charge is 0.465 e. The van der Waals surface area contributed by atoms with Crippen LogP contribution < -0.4 is 26.3 Å². The number of rotatable bonds is 11. The minimum Gasteiger partial charge on any atom is -0.465 e. The van der Waals surface area contributed by atoms with E-state index >= 15 is 4.39 Å². The summed E-state index contributed by atoms with van der Waals surface area (Å²) in [6.07, 6.45) is 3.66. The molecule has 0 unspecified atom stereocenters. The fraction of sp³-hybridized carbons (Fsp3) is 0.606. The lowest BCUT2D eigenvalue weighted by atomic mass is 10.0. The monoisotopic (exact) mass is 643 g/mol. The Morgan fingerprint density at radius 3 is 2.35 bits per heavy atom. The van der Waals surface area contributed by atoms with Crippen LogP contribution in [0.1, 0.15) is 83.6 Å². The number of hydrogen-bond acceptors (Lipinski definition) is 8. The summed E-state index contributed by atoms with van der Waals surface area (Å²) >= 11 is 0. The lowest BCUT2D eigenvalue weighted by molar-refractivity contribution is -0.129. The third kappa shape index (κ3) is 8.55. The highest BCUT2D eigenvalue weighted by molar-refractivity contribution is 5.95. The second-order valence-electron chi connectivity index (χ2n) is 13.7. The first-order chi connectivity index (χ1) is 21.6. The highest BCUT2D eigenvalue weighted by atomic mass is 19.1. The van der Waals surface area contributed by atoms with E-state index in [0.29, 0.717) is 43.7 Å². The molecule has 2 aromatic rings. The summed E-state index contributed by atoms with van der Waals surface area (Å²) in [5.41, 5.74) is -0.486. The topological polar surface area (TPSA) is 148 Å². The molecular weight excluding hydrogens is 597 g/mol. The fourth-order valence-corrected chi connectivity index (χ4v) is 5.66. The van der Waals surface area contributed by atoms with Crippen LogP contribution >= 0.6 is 0 Å². The van der Waals surface area contributed by atoms with E-state index in [1.165, 1.54) is 19.4 Å². The molecule has 0 spiro atoms. The molecule has 4 rings (SSSR count). The minimum absolute atomic E-state index is 0.0248. The van der Waals surface area contributed by atoms with Gasteiger partial charge in [0.2, 0.25) is 17.2 Å². The normalized spacial score (nSPS) is 17.8. The van der Waals surface area contributed by atoms with Crippen LogP contribution in [0.5, 0.6) is 0 Å². The number of ether oxygens (including phenoxy) is 2. The number of halogens is 1. The molecule has 12 nitrogen and oxygen atoms in total. The number of pyridine rings is 1. The second-order valence-corrected chi connectivity index (χ2v) is 13.7. The number of hydrogen-bond donors (Lipinski definition) is 3. The molecule has 1 aromatic carbocycles. The maximum atomic E-state index is 15.4. The molecule has 1 saturated carbocycles. The Balaban J connectivity index is 1.37. The van der Waals surface area contributed by atoms with E-state index in [-0.39, 0.29) is 34.7 Å². The van der Waals surface area contributed by atoms with Crippen molar-refractivity contribution in [3.63, 3.8) is 0 Å². The van der Waals surface area contributed by atoms with Gasteiger partial charge >= 0.3 is 12.1 Å². The van der Waals surface area contributed by atoms with Crippen molar-refractivity contribution in [2.45, 2.75) is 91.0 Å². The Morgan fingerprint density at radius 2 is 1.74 bits per heavy atom. The summed E-state index contributed by atoms with van der Waals surface area (Å²) in [6.45, 7) is 12.0. The van der Waals surface area contributed by atoms with E-state index in [0.717, 1.165) is 12.8 Å². The van der Waals surface area contributed by atoms with E-state index in [2.05, 4.69) is 16.0 Å². The quantitative estimate of drug-likeness (QED) is 0.315. The van der Waals surface area contributed by atoms with Crippen LogP contribution in [0.15, 0.2) is 23.1 Å². The molecule has 13 heteroatoms. The van der Waals surface area contributed by atoms with Gasteiger partial charge in [-0.3, -0.25) is 14.4 Å². The third-order valence-corrected chi connectivity index (χ3v) is 8.10. The van der Waals surface area contributed by atoms with Crippen molar-refractivity contribution in [2.75, 3.05) is 31.6 Å². The van der Waals surface area contributed by atoms with Crippen LogP contribution in [0, 0.1) is 17.7 Å². The van der Waals surface area contributed by atoms with Crippen molar-refractivity contribution in [1.82, 2.24) is 20.5 Å². The molecule has 2 aliphatic rings. The van der Waals surface area contributed by atoms with Crippen molar-refractivity contribution in [3.8, 4) is 0 Å². The van der Waals surface area contributed by atoms with Crippen molar-refractivity contribution in [3.05, 3.63) is 39.9 Å². The summed E-state index contributed by atoms with van der Waals surface area (Å²) < 4.78 is 27.4. The van der Waals surface area contributed by atoms with Gasteiger partial charge in [0.25, 0.3) is 0 Å². The highest BCUT2D eigenvalue weighted by Gasteiger charge is 2.31. The number of esters is 1. The number of nitrogens with one attached hydrogen (secondary N) is 3. The van der Waals surface area contributed by atoms with Crippen molar-refractivity contribution >= 4 is 40.5 Å². The van der Waals surface area contributed by atoms with Crippen LogP contribution in [0.3, 0.4) is 0 Å². The number of amides is 3. The van der Waals surface area contributed by atoms with E-state index in [4.69, 9.17) is 9.47 Å². The first kappa shape index (κ1) is 34.7. The molecule has 0 bridgehead atoms. The summed E-state index contributed by atoms with van der Waals surface area (Å²) in [5.74, 6) is -2.05. The Hall–Kier alpha value is -4.16. The van der Waals surface area contributed by atoms with Gasteiger partial charge in [-0.25, -0.2) is 14.0 Å². The molecule has 1 saturated heterocycles. The van der Waals surface area contributed by atoms with Gasteiger partial charge in [-0.05, 0) is 77.3 Å². The Kier molecular flexibility index (Phi) is 10.6. The molecule has 252 valence electrons. The molecule has 2 heterocycles. The molecule has 46 heavy (non-hydrogen) atoms. The molecule has 1 aromatic heterocycles. The predicted molar refractivity (Wildman–Crippen MR) is 171 cm³/mol. The zero-order valence-electron chi connectivity index (χ0n) is 27.7. The van der Waals surface area contributed by atoms with Gasteiger partial charge in [-0.1, -0.05) is 13.8 Å². The lowest BCUT2D eigenvalue weighted by Crippen LogP contribution is -2.54. The van der Waals surface area contributed by atoms with Crippen LogP contribution in [0.4, 0.5) is 14.9 Å². The summed E-state index contributed by atoms with van der Waals surface area (Å²) in [6, 6.07) is 1.27. The lowest BCUT2D eigenvalue weighted by Gasteiger charge is -2.25. The fourth-order valence-electron chi connectivity index (χ4n) is 5.66. The number of carbonyl (C=O) groups excluding carboxylic acids is 4. The molecule has 2 fully saturated rings. The van der Waals surface area contributed by atoms with Gasteiger partial charge in [-0.2, -0.15) is 0 Å². The molecule has 3 atom stereocenters. The second kappa shape index (κ2) is 14.1. The van der Waals surface area contributed by atoms with Crippen LogP contribution in [0.25, 0.3) is 10.9 Å². The molecule has 1 aliphatic heterocycles. The standard InChI is InChI=1S/C33H46FN5O7/c1-18(2)12-25(37-32(44)46-33(4,5)6)30(42)36-19(3)29(41)35-15-20-10-11-38(16-20)27-14-26-22(13-24(27)34)28(40)23(31(43)45-7)17-39(26)21-8-9-21/h13-14,17-21,25H,8-12,15-16H2,1-7H3,(H,35,41)(H,36,42)(H,37,44)/t19-,20+,25-/m0/s1. The minimum atomic E-state index is -0.867. The van der Waals surface area contributed by atoms with Gasteiger partial charge in [0.1, 0.15) is 29.1 Å². The van der Waals surface area contributed by atoms with E-state index in [1.54, 1.807) is 33.8 Å². The average Bonchev–Trinajstić information content (AvgIpc) is 3.70. The number of nitrogens with zero attached hydrogens (tertiary/aromatic N) is 2. The van der Waals surface area contributed by atoms with Gasteiger partial charge < -0.3 is 34.9 Å². The summed E-state index contributed by atoms with van der Waals surface area (Å²) in [7, 11) is 1.20. The number of methoxy groups -OCH3 is 1. The first-order valence-corrected chi connectivity index (χ1v) is 15.9. The third-order valence-electron chi connectivity index (χ3n) is 8.10. The van der Waals surface area contributed by atoms with Crippen molar-refractivity contribution in [1.29, 1.82) is 0 Å². The van der Waals surface area contributed by atoms with E-state index in [9.17, 15) is 24.0 Å². The molecule has 0 radical (unpaired) electrons.